The van der Waals surface area contributed by atoms with Crippen LogP contribution in [0.4, 0.5) is 4.79 Å². The molecular weight excluding hydrogens is 666 g/mol. The second-order valence-electron chi connectivity index (χ2n) is 18.3. The highest BCUT2D eigenvalue weighted by molar-refractivity contribution is 6.38. The Labute approximate surface area is 308 Å². The first-order valence-electron chi connectivity index (χ1n) is 19.4. The van der Waals surface area contributed by atoms with E-state index in [0.29, 0.717) is 25.9 Å². The number of urea groups is 1. The van der Waals surface area contributed by atoms with Gasteiger partial charge in [0.15, 0.2) is 6.17 Å². The zero-order valence-corrected chi connectivity index (χ0v) is 32.2. The Kier molecular flexibility index (Phi) is 11.8. The van der Waals surface area contributed by atoms with Gasteiger partial charge in [0, 0.05) is 32.0 Å². The van der Waals surface area contributed by atoms with Crippen molar-refractivity contribution in [3.05, 3.63) is 0 Å². The van der Waals surface area contributed by atoms with Gasteiger partial charge in [-0.15, -0.1) is 0 Å². The van der Waals surface area contributed by atoms with Gasteiger partial charge in [-0.25, -0.2) is 4.79 Å². The molecule has 0 bridgehead atoms. The first-order chi connectivity index (χ1) is 24.3. The van der Waals surface area contributed by atoms with Gasteiger partial charge in [0.1, 0.15) is 6.04 Å². The van der Waals surface area contributed by atoms with Crippen LogP contribution in [0.2, 0.25) is 0 Å². The largest absolute Gasteiger partial charge is 0.347 e. The third kappa shape index (κ3) is 9.32. The van der Waals surface area contributed by atoms with Crippen LogP contribution in [0.1, 0.15) is 119 Å². The average Bonchev–Trinajstić information content (AvgIpc) is 3.89. The Hall–Kier alpha value is -3.55. The highest BCUT2D eigenvalue weighted by Gasteiger charge is 2.69. The minimum atomic E-state index is -1.16. The van der Waals surface area contributed by atoms with Crippen molar-refractivity contribution in [1.29, 1.82) is 0 Å². The first kappa shape index (κ1) is 39.7. The summed E-state index contributed by atoms with van der Waals surface area (Å²) in [5.74, 6) is -2.91. The van der Waals surface area contributed by atoms with Crippen LogP contribution in [0.15, 0.2) is 0 Å². The lowest BCUT2D eigenvalue weighted by Gasteiger charge is -2.40. The summed E-state index contributed by atoms with van der Waals surface area (Å²) in [5.41, 5.74) is -1.17. The summed E-state index contributed by atoms with van der Waals surface area (Å²) in [4.78, 5) is 97.1. The molecule has 14 nitrogen and oxygen atoms in total. The van der Waals surface area contributed by atoms with Gasteiger partial charge in [0.05, 0.1) is 12.1 Å². The number of ketones is 1. The molecular formula is C38H61N7O7. The molecule has 2 saturated carbocycles. The molecule has 14 heteroatoms. The summed E-state index contributed by atoms with van der Waals surface area (Å²) in [5, 5.41) is 14.6. The smallest absolute Gasteiger partial charge is 0.316 e. The molecule has 3 heterocycles. The van der Waals surface area contributed by atoms with Crippen molar-refractivity contribution in [2.45, 2.75) is 149 Å². The number of hydrogen-bond donors (Lipinski definition) is 5. The van der Waals surface area contributed by atoms with Crippen LogP contribution in [0, 0.1) is 28.1 Å². The predicted octanol–water partition coefficient (Wildman–Crippen LogP) is 2.35. The minimum absolute atomic E-state index is 0.00207. The van der Waals surface area contributed by atoms with Gasteiger partial charge in [-0.3, -0.25) is 39.0 Å². The Morgan fingerprint density at radius 2 is 1.48 bits per heavy atom. The molecule has 5 fully saturated rings. The van der Waals surface area contributed by atoms with E-state index in [1.807, 2.05) is 34.6 Å². The van der Waals surface area contributed by atoms with E-state index in [1.165, 1.54) is 9.80 Å². The highest BCUT2D eigenvalue weighted by atomic mass is 16.2. The molecule has 7 amide bonds. The van der Waals surface area contributed by atoms with E-state index in [0.717, 1.165) is 44.9 Å². The third-order valence-corrected chi connectivity index (χ3v) is 11.9. The summed E-state index contributed by atoms with van der Waals surface area (Å²) in [6, 6.07) is -3.12. The molecule has 0 spiro atoms. The van der Waals surface area contributed by atoms with Crippen molar-refractivity contribution in [2.75, 3.05) is 19.6 Å². The zero-order chi connectivity index (χ0) is 38.2. The fourth-order valence-corrected chi connectivity index (χ4v) is 8.24. The Balaban J connectivity index is 1.33. The van der Waals surface area contributed by atoms with Crippen LogP contribution in [0.5, 0.6) is 0 Å². The van der Waals surface area contributed by atoms with Gasteiger partial charge < -0.3 is 26.2 Å². The number of carbonyl (C=O) groups is 7. The number of likely N-dealkylation sites (tertiary alicyclic amines) is 1. The van der Waals surface area contributed by atoms with Crippen LogP contribution in [-0.4, -0.2) is 101 Å². The van der Waals surface area contributed by atoms with Crippen LogP contribution in [0.25, 0.3) is 0 Å². The van der Waals surface area contributed by atoms with E-state index < -0.39 is 64.7 Å². The van der Waals surface area contributed by atoms with Gasteiger partial charge in [0.25, 0.3) is 11.8 Å². The Morgan fingerprint density at radius 1 is 0.865 bits per heavy atom. The number of amides is 7. The number of carbonyl (C=O) groups excluding carboxylic acids is 7. The maximum absolute atomic E-state index is 14.4. The van der Waals surface area contributed by atoms with Crippen LogP contribution >= 0.6 is 0 Å². The fraction of sp³-hybridized carbons (Fsp3) is 0.816. The molecule has 6 atom stereocenters. The van der Waals surface area contributed by atoms with Crippen LogP contribution < -0.4 is 26.6 Å². The van der Waals surface area contributed by atoms with Crippen molar-refractivity contribution >= 4 is 41.4 Å². The summed E-state index contributed by atoms with van der Waals surface area (Å²) in [7, 11) is 0. The zero-order valence-electron chi connectivity index (χ0n) is 32.2. The number of nitrogens with zero attached hydrogens (tertiary/aromatic N) is 2. The van der Waals surface area contributed by atoms with Crippen molar-refractivity contribution in [3.8, 4) is 0 Å². The molecule has 0 unspecified atom stereocenters. The standard InChI is InChI=1S/C38H61N7O7/c1-36(2,3)25(21-44-26(46)18-37(4,5)19-27(44)47)42-35(52)43-31-34(51)45-20-23-28(38(23,6)7)29(45)32(49)41-24(30(48)33(50)40-22-15-16-22)14-12-10-8-9-11-13-17-39-31/h22-25,28-29,31,39H,8-21H2,1-7H3,(H,40,50)(H,41,49)(H2,42,43,52)/t23-,24+,25+,28-,29-,31+/m0/s1. The number of Topliss-reactive ketones (excluding diaryl/α,β-unsaturated/α-hetero) is 1. The van der Waals surface area contributed by atoms with Gasteiger partial charge in [-0.05, 0) is 60.3 Å². The maximum atomic E-state index is 14.4. The van der Waals surface area contributed by atoms with Gasteiger partial charge in [0.2, 0.25) is 23.5 Å². The molecule has 5 aliphatic rings. The van der Waals surface area contributed by atoms with E-state index in [-0.39, 0.29) is 54.5 Å². The Morgan fingerprint density at radius 3 is 2.10 bits per heavy atom. The fourth-order valence-electron chi connectivity index (χ4n) is 8.24. The quantitative estimate of drug-likeness (QED) is 0.195. The van der Waals surface area contributed by atoms with E-state index >= 15 is 0 Å². The molecule has 3 saturated heterocycles. The molecule has 0 radical (unpaired) electrons. The SMILES string of the molecule is CC1(C)CC(=O)N(C[C@@H](NC(=O)N[C@H]2NCCCCCCCC[C@H](C(=O)C(=O)NC3CC3)NC(=O)[C@@H]3[C@@H]4[C@H](CN3C2=O)C4(C)C)C(C)(C)C)C(=O)C1. The number of nitrogens with one attached hydrogen (secondary N) is 5. The lowest BCUT2D eigenvalue weighted by molar-refractivity contribution is -0.153. The van der Waals surface area contributed by atoms with Crippen molar-refractivity contribution < 1.29 is 33.6 Å². The molecule has 290 valence electrons. The molecule has 5 rings (SSSR count). The van der Waals surface area contributed by atoms with E-state index in [1.54, 1.807) is 0 Å². The number of rotatable bonds is 7. The van der Waals surface area contributed by atoms with E-state index in [2.05, 4.69) is 40.4 Å². The highest BCUT2D eigenvalue weighted by Crippen LogP contribution is 2.64. The molecule has 5 N–H and O–H groups in total. The molecule has 0 aromatic carbocycles. The topological polar surface area (TPSA) is 186 Å². The minimum Gasteiger partial charge on any atom is -0.347 e. The number of piperidine rings is 2. The van der Waals surface area contributed by atoms with Crippen LogP contribution in [0.3, 0.4) is 0 Å². The van der Waals surface area contributed by atoms with Gasteiger partial charge >= 0.3 is 6.03 Å². The first-order valence-corrected chi connectivity index (χ1v) is 19.4. The predicted molar refractivity (Wildman–Crippen MR) is 193 cm³/mol. The van der Waals surface area contributed by atoms with Gasteiger partial charge in [-0.1, -0.05) is 80.6 Å². The summed E-state index contributed by atoms with van der Waals surface area (Å²) in [6.07, 6.45) is 6.37. The lowest BCUT2D eigenvalue weighted by atomic mass is 9.80. The second kappa shape index (κ2) is 15.4. The summed E-state index contributed by atoms with van der Waals surface area (Å²) >= 11 is 0. The molecule has 2 aliphatic carbocycles. The van der Waals surface area contributed by atoms with Crippen LogP contribution in [-0.2, 0) is 28.8 Å². The maximum Gasteiger partial charge on any atom is 0.316 e. The molecule has 52 heavy (non-hydrogen) atoms. The van der Waals surface area contributed by atoms with Crippen molar-refractivity contribution in [3.63, 3.8) is 0 Å². The van der Waals surface area contributed by atoms with Crippen molar-refractivity contribution in [2.24, 2.45) is 28.1 Å². The normalized spacial score (nSPS) is 30.4. The number of hydrogen-bond acceptors (Lipinski definition) is 8. The van der Waals surface area contributed by atoms with E-state index in [4.69, 9.17) is 0 Å². The molecule has 0 aromatic heterocycles. The number of imide groups is 1. The molecule has 3 aliphatic heterocycles. The van der Waals surface area contributed by atoms with Gasteiger partial charge in [-0.2, -0.15) is 0 Å². The lowest BCUT2D eigenvalue weighted by Crippen LogP contribution is -2.64. The van der Waals surface area contributed by atoms with E-state index in [9.17, 15) is 33.6 Å². The summed E-state index contributed by atoms with van der Waals surface area (Å²) in [6.45, 7) is 14.4. The molecule has 0 aromatic rings. The Bertz CT molecular complexity index is 1410. The average molecular weight is 728 g/mol. The third-order valence-electron chi connectivity index (χ3n) is 11.9. The monoisotopic (exact) mass is 727 g/mol. The van der Waals surface area contributed by atoms with Crippen molar-refractivity contribution in [1.82, 2.24) is 36.4 Å². The number of fused-ring (bicyclic) bond motifs is 3. The second-order valence-corrected chi connectivity index (χ2v) is 18.3. The summed E-state index contributed by atoms with van der Waals surface area (Å²) < 4.78 is 0.